The van der Waals surface area contributed by atoms with Crippen molar-refractivity contribution in [1.29, 1.82) is 0 Å². The molecule has 0 bridgehead atoms. The molecule has 0 aliphatic rings. The van der Waals surface area contributed by atoms with Crippen molar-refractivity contribution in [2.75, 3.05) is 0 Å². The van der Waals surface area contributed by atoms with Crippen LogP contribution in [0.4, 0.5) is 5.00 Å². The molecule has 0 aliphatic carbocycles. The van der Waals surface area contributed by atoms with Gasteiger partial charge < -0.3 is 5.21 Å². The average molecular weight is 172 g/mol. The van der Waals surface area contributed by atoms with Crippen LogP contribution in [0.2, 0.25) is 0 Å². The number of thiophene rings is 1. The molecular weight excluding hydrogens is 168 g/mol. The van der Waals surface area contributed by atoms with Crippen LogP contribution in [0.15, 0.2) is 17.3 Å². The van der Waals surface area contributed by atoms with Crippen molar-refractivity contribution in [2.24, 2.45) is 5.16 Å². The maximum absolute atomic E-state index is 10.1. The second-order valence-electron chi connectivity index (χ2n) is 1.68. The molecule has 0 aliphatic heterocycles. The van der Waals surface area contributed by atoms with Crippen LogP contribution in [0.5, 0.6) is 0 Å². The molecule has 5 nitrogen and oxygen atoms in total. The summed E-state index contributed by atoms with van der Waals surface area (Å²) >= 11 is 0.957. The zero-order valence-corrected chi connectivity index (χ0v) is 6.11. The van der Waals surface area contributed by atoms with E-state index in [4.69, 9.17) is 5.21 Å². The molecule has 0 aromatic carbocycles. The summed E-state index contributed by atoms with van der Waals surface area (Å²) in [5.41, 5.74) is 0. The van der Waals surface area contributed by atoms with Gasteiger partial charge in [0.2, 0.25) is 0 Å². The Hall–Kier alpha value is -1.43. The topological polar surface area (TPSA) is 75.7 Å². The van der Waals surface area contributed by atoms with E-state index in [9.17, 15) is 10.1 Å². The van der Waals surface area contributed by atoms with Crippen LogP contribution >= 0.6 is 11.3 Å². The predicted octanol–water partition coefficient (Wildman–Crippen LogP) is 1.46. The monoisotopic (exact) mass is 172 g/mol. The van der Waals surface area contributed by atoms with Gasteiger partial charge in [0.05, 0.1) is 16.0 Å². The van der Waals surface area contributed by atoms with Crippen LogP contribution in [0.3, 0.4) is 0 Å². The number of nitro groups is 1. The van der Waals surface area contributed by atoms with Gasteiger partial charge >= 0.3 is 5.00 Å². The van der Waals surface area contributed by atoms with Crippen molar-refractivity contribution in [2.45, 2.75) is 0 Å². The molecule has 0 spiro atoms. The van der Waals surface area contributed by atoms with E-state index in [0.29, 0.717) is 4.88 Å². The summed E-state index contributed by atoms with van der Waals surface area (Å²) in [4.78, 5) is 10.2. The van der Waals surface area contributed by atoms with Crippen LogP contribution in [-0.2, 0) is 0 Å². The number of rotatable bonds is 2. The van der Waals surface area contributed by atoms with Gasteiger partial charge in [-0.05, 0) is 6.07 Å². The summed E-state index contributed by atoms with van der Waals surface area (Å²) in [6, 6.07) is 2.88. The molecule has 1 aromatic rings. The minimum atomic E-state index is -0.487. The summed E-state index contributed by atoms with van der Waals surface area (Å²) in [6.45, 7) is 0. The summed E-state index contributed by atoms with van der Waals surface area (Å²) in [7, 11) is 0. The van der Waals surface area contributed by atoms with E-state index in [1.54, 1.807) is 0 Å². The first-order valence-corrected chi connectivity index (χ1v) is 3.47. The normalized spacial score (nSPS) is 10.5. The van der Waals surface area contributed by atoms with E-state index in [2.05, 4.69) is 5.16 Å². The van der Waals surface area contributed by atoms with Crippen LogP contribution in [-0.4, -0.2) is 16.3 Å². The Balaban J connectivity index is 2.90. The molecule has 1 aromatic heterocycles. The summed E-state index contributed by atoms with van der Waals surface area (Å²) < 4.78 is 0. The van der Waals surface area contributed by atoms with Crippen molar-refractivity contribution < 1.29 is 10.1 Å². The molecule has 11 heavy (non-hydrogen) atoms. The highest BCUT2D eigenvalue weighted by Gasteiger charge is 2.07. The third-order valence-electron chi connectivity index (χ3n) is 0.978. The van der Waals surface area contributed by atoms with Crippen molar-refractivity contribution in [3.05, 3.63) is 27.1 Å². The number of nitrogens with zero attached hydrogens (tertiary/aromatic N) is 2. The van der Waals surface area contributed by atoms with Gasteiger partial charge in [-0.2, -0.15) is 0 Å². The Morgan fingerprint density at radius 1 is 1.73 bits per heavy atom. The SMILES string of the molecule is O=[N+]([O-])c1ccc(/C=N/O)s1. The predicted molar refractivity (Wildman–Crippen MR) is 40.4 cm³/mol. The van der Waals surface area contributed by atoms with Crippen molar-refractivity contribution in [3.8, 4) is 0 Å². The standard InChI is InChI=1S/C5H4N2O3S/c8-6-3-4-1-2-5(11-4)7(9)10/h1-3,8H/b6-3+. The van der Waals surface area contributed by atoms with Crippen LogP contribution in [0.1, 0.15) is 4.88 Å². The Kier molecular flexibility index (Phi) is 2.17. The second kappa shape index (κ2) is 3.11. The quantitative estimate of drug-likeness (QED) is 0.317. The van der Waals surface area contributed by atoms with E-state index >= 15 is 0 Å². The fourth-order valence-electron chi connectivity index (χ4n) is 0.567. The van der Waals surface area contributed by atoms with Crippen molar-refractivity contribution in [3.63, 3.8) is 0 Å². The molecule has 0 saturated carbocycles. The molecule has 0 saturated heterocycles. The van der Waals surface area contributed by atoms with Crippen LogP contribution < -0.4 is 0 Å². The van der Waals surface area contributed by atoms with Gasteiger partial charge in [-0.15, -0.1) is 0 Å². The zero-order valence-electron chi connectivity index (χ0n) is 5.30. The van der Waals surface area contributed by atoms with Gasteiger partial charge in [-0.1, -0.05) is 16.5 Å². The molecule has 58 valence electrons. The number of oxime groups is 1. The van der Waals surface area contributed by atoms with Gasteiger partial charge in [-0.25, -0.2) is 0 Å². The fourth-order valence-corrected chi connectivity index (χ4v) is 1.25. The lowest BCUT2D eigenvalue weighted by Crippen LogP contribution is -1.80. The van der Waals surface area contributed by atoms with E-state index in [1.807, 2.05) is 0 Å². The number of hydrogen-bond donors (Lipinski definition) is 1. The van der Waals surface area contributed by atoms with Gasteiger partial charge in [-0.3, -0.25) is 10.1 Å². The molecule has 0 radical (unpaired) electrons. The highest BCUT2D eigenvalue weighted by Crippen LogP contribution is 2.22. The van der Waals surface area contributed by atoms with E-state index < -0.39 is 4.92 Å². The van der Waals surface area contributed by atoms with E-state index in [-0.39, 0.29) is 5.00 Å². The van der Waals surface area contributed by atoms with Gasteiger partial charge in [0, 0.05) is 6.07 Å². The summed E-state index contributed by atoms with van der Waals surface area (Å²) in [5.74, 6) is 0. The highest BCUT2D eigenvalue weighted by atomic mass is 32.1. The lowest BCUT2D eigenvalue weighted by atomic mass is 10.5. The third kappa shape index (κ3) is 1.74. The Labute approximate surface area is 65.7 Å². The smallest absolute Gasteiger partial charge is 0.324 e. The average Bonchev–Trinajstić information content (AvgIpc) is 2.37. The molecule has 0 amide bonds. The summed E-state index contributed by atoms with van der Waals surface area (Å²) in [5, 5.41) is 21.0. The molecule has 6 heteroatoms. The molecule has 0 fully saturated rings. The number of hydrogen-bond acceptors (Lipinski definition) is 5. The molecule has 1 rings (SSSR count). The zero-order chi connectivity index (χ0) is 8.27. The molecule has 0 atom stereocenters. The first kappa shape index (κ1) is 7.67. The van der Waals surface area contributed by atoms with Crippen LogP contribution in [0, 0.1) is 10.1 Å². The lowest BCUT2D eigenvalue weighted by Gasteiger charge is -1.79. The fraction of sp³-hybridized carbons (Fsp3) is 0. The largest absolute Gasteiger partial charge is 0.411 e. The Bertz CT molecular complexity index is 294. The molecule has 1 N–H and O–H groups in total. The van der Waals surface area contributed by atoms with E-state index in [0.717, 1.165) is 17.6 Å². The minimum Gasteiger partial charge on any atom is -0.411 e. The molecule has 1 heterocycles. The first-order valence-electron chi connectivity index (χ1n) is 2.65. The van der Waals surface area contributed by atoms with Crippen molar-refractivity contribution >= 4 is 22.6 Å². The maximum Gasteiger partial charge on any atom is 0.324 e. The molecule has 0 unspecified atom stereocenters. The second-order valence-corrected chi connectivity index (χ2v) is 2.77. The lowest BCUT2D eigenvalue weighted by molar-refractivity contribution is -0.380. The third-order valence-corrected chi connectivity index (χ3v) is 1.95. The summed E-state index contributed by atoms with van der Waals surface area (Å²) in [6.07, 6.45) is 1.15. The highest BCUT2D eigenvalue weighted by molar-refractivity contribution is 7.16. The van der Waals surface area contributed by atoms with E-state index in [1.165, 1.54) is 12.1 Å². The van der Waals surface area contributed by atoms with Crippen LogP contribution in [0.25, 0.3) is 0 Å². The maximum atomic E-state index is 10.1. The van der Waals surface area contributed by atoms with Gasteiger partial charge in [0.1, 0.15) is 0 Å². The van der Waals surface area contributed by atoms with Crippen molar-refractivity contribution in [1.82, 2.24) is 0 Å². The Morgan fingerprint density at radius 2 is 2.45 bits per heavy atom. The van der Waals surface area contributed by atoms with Gasteiger partial charge in [0.15, 0.2) is 0 Å². The first-order chi connectivity index (χ1) is 5.24. The van der Waals surface area contributed by atoms with Gasteiger partial charge in [0.25, 0.3) is 0 Å². The minimum absolute atomic E-state index is 0.0416. The molecular formula is C5H4N2O3S. The Morgan fingerprint density at radius 3 is 2.91 bits per heavy atom.